The van der Waals surface area contributed by atoms with Crippen molar-refractivity contribution < 1.29 is 0 Å². The molecule has 0 atom stereocenters. The molecule has 0 radical (unpaired) electrons. The number of rotatable bonds is 7. The number of aromatic nitrogens is 1. The molecule has 3 heteroatoms. The Balaban J connectivity index is 1.34. The predicted octanol–water partition coefficient (Wildman–Crippen LogP) is 11.9. The number of thiophene rings is 1. The van der Waals surface area contributed by atoms with Gasteiger partial charge in [0.2, 0.25) is 0 Å². The monoisotopic (exact) mass is 759 g/mol. The first kappa shape index (κ1) is 33.5. The van der Waals surface area contributed by atoms with Gasteiger partial charge in [-0.3, -0.25) is 0 Å². The van der Waals surface area contributed by atoms with Gasteiger partial charge in [0.25, 0.3) is 0 Å². The first-order chi connectivity index (χ1) is 28.3. The molecule has 0 aliphatic rings. The quantitative estimate of drug-likeness (QED) is 0.113. The second-order valence-electron chi connectivity index (χ2n) is 14.8. The van der Waals surface area contributed by atoms with Crippen molar-refractivity contribution in [3.8, 4) is 27.9 Å². The van der Waals surface area contributed by atoms with Gasteiger partial charge in [-0.25, -0.2) is 0 Å². The second kappa shape index (κ2) is 13.8. The zero-order valence-corrected chi connectivity index (χ0v) is 33.0. The molecule has 2 heterocycles. The Morgan fingerprint density at radius 1 is 0.351 bits per heavy atom. The van der Waals surface area contributed by atoms with E-state index in [-0.39, 0.29) is 0 Å². The summed E-state index contributed by atoms with van der Waals surface area (Å²) in [4.78, 5) is 0. The molecule has 0 aliphatic heterocycles. The number of benzene rings is 9. The van der Waals surface area contributed by atoms with Crippen LogP contribution in [0.15, 0.2) is 224 Å². The van der Waals surface area contributed by atoms with Crippen LogP contribution >= 0.6 is 11.3 Å². The van der Waals surface area contributed by atoms with Crippen LogP contribution in [0, 0.1) is 0 Å². The van der Waals surface area contributed by atoms with Crippen molar-refractivity contribution in [1.29, 1.82) is 0 Å². The Kier molecular flexibility index (Phi) is 8.09. The van der Waals surface area contributed by atoms with Crippen LogP contribution in [-0.4, -0.2) is 12.6 Å². The summed E-state index contributed by atoms with van der Waals surface area (Å²) in [5, 5.41) is 10.6. The maximum Gasteiger partial charge on any atom is 0.179 e. The number of fused-ring (bicyclic) bond motifs is 7. The summed E-state index contributed by atoms with van der Waals surface area (Å²) in [6.07, 6.45) is 0. The van der Waals surface area contributed by atoms with Gasteiger partial charge in [-0.05, 0) is 50.1 Å². The summed E-state index contributed by atoms with van der Waals surface area (Å²) >= 11 is 1.91. The Hall–Kier alpha value is -6.78. The van der Waals surface area contributed by atoms with Crippen molar-refractivity contribution in [2.45, 2.75) is 0 Å². The molecule has 0 saturated carbocycles. The molecule has 0 unspecified atom stereocenters. The molecule has 11 rings (SSSR count). The van der Waals surface area contributed by atoms with Crippen molar-refractivity contribution in [2.75, 3.05) is 0 Å². The fraction of sp³-hybridized carbons (Fsp3) is 0. The smallest absolute Gasteiger partial charge is 0.179 e. The van der Waals surface area contributed by atoms with Gasteiger partial charge >= 0.3 is 0 Å². The summed E-state index contributed by atoms with van der Waals surface area (Å²) in [5.41, 5.74) is 8.43. The third-order valence-electron chi connectivity index (χ3n) is 11.7. The maximum absolute atomic E-state index is 2.91. The number of hydrogen-bond acceptors (Lipinski definition) is 1. The van der Waals surface area contributed by atoms with E-state index in [2.05, 4.69) is 229 Å². The van der Waals surface area contributed by atoms with Gasteiger partial charge in [0.1, 0.15) is 0 Å². The van der Waals surface area contributed by atoms with E-state index < -0.39 is 8.07 Å². The molecular formula is C54H37NSSi. The first-order valence-corrected chi connectivity index (χ1v) is 22.4. The van der Waals surface area contributed by atoms with Crippen LogP contribution < -0.4 is 20.7 Å². The van der Waals surface area contributed by atoms with Crippen molar-refractivity contribution in [2.24, 2.45) is 0 Å². The van der Waals surface area contributed by atoms with Crippen LogP contribution in [0.25, 0.3) is 69.9 Å². The van der Waals surface area contributed by atoms with Gasteiger partial charge in [-0.15, -0.1) is 11.3 Å². The molecule has 0 aliphatic carbocycles. The molecule has 268 valence electrons. The summed E-state index contributed by atoms with van der Waals surface area (Å²) in [6.45, 7) is 0. The topological polar surface area (TPSA) is 4.93 Å². The van der Waals surface area contributed by atoms with Gasteiger partial charge in [-0.1, -0.05) is 206 Å². The van der Waals surface area contributed by atoms with E-state index in [0.29, 0.717) is 0 Å². The maximum atomic E-state index is 2.57. The van der Waals surface area contributed by atoms with E-state index in [4.69, 9.17) is 0 Å². The zero-order valence-electron chi connectivity index (χ0n) is 31.2. The SMILES string of the molecule is c1ccc(-c2cc([Si](c3ccccc3)(c3ccccc3)c3ccccc3)cc(-c3ccccc3)c2-n2c3ccccc3c3c4sc5ccccc5c4ccc32)cc1. The molecule has 9 aromatic carbocycles. The lowest BCUT2D eigenvalue weighted by Crippen LogP contribution is -2.74. The van der Waals surface area contributed by atoms with Gasteiger partial charge < -0.3 is 4.57 Å². The first-order valence-electron chi connectivity index (χ1n) is 19.6. The van der Waals surface area contributed by atoms with Gasteiger partial charge in [0.15, 0.2) is 8.07 Å². The lowest BCUT2D eigenvalue weighted by Gasteiger charge is -2.36. The molecule has 0 fully saturated rings. The Morgan fingerprint density at radius 2 is 0.807 bits per heavy atom. The van der Waals surface area contributed by atoms with Gasteiger partial charge in [-0.2, -0.15) is 0 Å². The predicted molar refractivity (Wildman–Crippen MR) is 248 cm³/mol. The standard InChI is InChI=1S/C54H37NSSi/c1-6-20-38(21-7-1)47-36-43(57(40-24-10-3-11-25-40,41-26-12-4-13-27-41)42-28-14-5-15-29-42)37-48(39-22-8-2-9-23-39)53(47)55-49-32-18-16-31-46(49)52-50(55)35-34-45-44-30-17-19-33-51(44)56-54(45)52/h1-37H. The third-order valence-corrected chi connectivity index (χ3v) is 17.7. The fourth-order valence-corrected chi connectivity index (χ4v) is 15.4. The minimum Gasteiger partial charge on any atom is -0.308 e. The van der Waals surface area contributed by atoms with Crippen molar-refractivity contribution >= 4 is 82.1 Å². The highest BCUT2D eigenvalue weighted by Crippen LogP contribution is 2.46. The summed E-state index contributed by atoms with van der Waals surface area (Å²) in [7, 11) is -2.91. The second-order valence-corrected chi connectivity index (χ2v) is 19.6. The molecule has 0 N–H and O–H groups in total. The van der Waals surface area contributed by atoms with E-state index in [0.717, 1.165) is 0 Å². The minimum atomic E-state index is -2.91. The lowest BCUT2D eigenvalue weighted by molar-refractivity contribution is 1.19. The van der Waals surface area contributed by atoms with E-state index >= 15 is 0 Å². The molecule has 57 heavy (non-hydrogen) atoms. The van der Waals surface area contributed by atoms with E-state index in [9.17, 15) is 0 Å². The minimum absolute atomic E-state index is 1.19. The Morgan fingerprint density at radius 3 is 1.35 bits per heavy atom. The lowest BCUT2D eigenvalue weighted by atomic mass is 9.95. The number of hydrogen-bond donors (Lipinski definition) is 0. The molecule has 0 bridgehead atoms. The molecule has 0 spiro atoms. The summed E-state index contributed by atoms with van der Waals surface area (Å²) < 4.78 is 5.23. The van der Waals surface area contributed by atoms with E-state index in [1.807, 2.05) is 11.3 Å². The third kappa shape index (κ3) is 5.28. The van der Waals surface area contributed by atoms with Crippen molar-refractivity contribution in [3.05, 3.63) is 224 Å². The molecule has 0 amide bonds. The number of para-hydroxylation sites is 1. The molecule has 11 aromatic rings. The van der Waals surface area contributed by atoms with Crippen LogP contribution in [0.3, 0.4) is 0 Å². The van der Waals surface area contributed by atoms with Gasteiger partial charge in [0.05, 0.1) is 16.7 Å². The van der Waals surface area contributed by atoms with Crippen LogP contribution in [0.1, 0.15) is 0 Å². The summed E-state index contributed by atoms with van der Waals surface area (Å²) in [5.74, 6) is 0. The molecule has 2 aromatic heterocycles. The number of nitrogens with zero attached hydrogens (tertiary/aromatic N) is 1. The van der Waals surface area contributed by atoms with E-state index in [1.54, 1.807) is 0 Å². The highest BCUT2D eigenvalue weighted by molar-refractivity contribution is 7.26. The average molecular weight is 760 g/mol. The van der Waals surface area contributed by atoms with Gasteiger partial charge in [0, 0.05) is 42.1 Å². The molecule has 0 saturated heterocycles. The van der Waals surface area contributed by atoms with Crippen LogP contribution in [-0.2, 0) is 0 Å². The normalized spacial score (nSPS) is 11.9. The van der Waals surface area contributed by atoms with Crippen LogP contribution in [0.5, 0.6) is 0 Å². The largest absolute Gasteiger partial charge is 0.308 e. The average Bonchev–Trinajstić information content (AvgIpc) is 3.84. The highest BCUT2D eigenvalue weighted by atomic mass is 32.1. The fourth-order valence-electron chi connectivity index (χ4n) is 9.31. The van der Waals surface area contributed by atoms with Crippen molar-refractivity contribution in [1.82, 2.24) is 4.57 Å². The van der Waals surface area contributed by atoms with E-state index in [1.165, 1.54) is 90.7 Å². The molecular weight excluding hydrogens is 723 g/mol. The molecule has 1 nitrogen and oxygen atoms in total. The Labute approximate surface area is 337 Å². The Bertz CT molecular complexity index is 3050. The summed E-state index contributed by atoms with van der Waals surface area (Å²) in [6, 6.07) is 83.6. The zero-order chi connectivity index (χ0) is 37.8. The van der Waals surface area contributed by atoms with Crippen LogP contribution in [0.2, 0.25) is 0 Å². The van der Waals surface area contributed by atoms with Crippen LogP contribution in [0.4, 0.5) is 0 Å². The highest BCUT2D eigenvalue weighted by Gasteiger charge is 2.42. The van der Waals surface area contributed by atoms with Crippen molar-refractivity contribution in [3.63, 3.8) is 0 Å².